The Balaban J connectivity index is 3.03. The Bertz CT molecular complexity index is 355. The fraction of sp³-hybridized carbons (Fsp3) is 0.364. The molecule has 0 heterocycles. The molecular formula is C11H13NO2. The minimum Gasteiger partial charge on any atom is -0.496 e. The van der Waals surface area contributed by atoms with Crippen LogP contribution >= 0.6 is 0 Å². The van der Waals surface area contributed by atoms with Crippen molar-refractivity contribution in [1.29, 1.82) is 5.26 Å². The first-order valence-electron chi connectivity index (χ1n) is 4.30. The molecule has 0 saturated carbocycles. The highest BCUT2D eigenvalue weighted by molar-refractivity contribution is 5.38. The quantitative estimate of drug-likeness (QED) is 0.735. The second-order valence-electron chi connectivity index (χ2n) is 2.97. The summed E-state index contributed by atoms with van der Waals surface area (Å²) >= 11 is 0. The van der Waals surface area contributed by atoms with Gasteiger partial charge in [-0.25, -0.2) is 0 Å². The largest absolute Gasteiger partial charge is 0.496 e. The van der Waals surface area contributed by atoms with E-state index in [0.29, 0.717) is 0 Å². The van der Waals surface area contributed by atoms with Crippen LogP contribution in [0, 0.1) is 18.3 Å². The molecular weight excluding hydrogens is 178 g/mol. The van der Waals surface area contributed by atoms with Gasteiger partial charge in [0.15, 0.2) is 6.10 Å². The summed E-state index contributed by atoms with van der Waals surface area (Å²) in [5.74, 6) is 0.821. The third kappa shape index (κ3) is 2.04. The van der Waals surface area contributed by atoms with E-state index in [1.54, 1.807) is 7.11 Å². The fourth-order valence-corrected chi connectivity index (χ4v) is 1.33. The van der Waals surface area contributed by atoms with Gasteiger partial charge in [-0.1, -0.05) is 6.07 Å². The molecule has 1 unspecified atom stereocenters. The predicted molar refractivity (Wildman–Crippen MR) is 53.1 cm³/mol. The number of ether oxygens (including phenoxy) is 2. The van der Waals surface area contributed by atoms with Crippen LogP contribution in [0.5, 0.6) is 5.75 Å². The maximum atomic E-state index is 8.79. The Morgan fingerprint density at radius 2 is 2.07 bits per heavy atom. The van der Waals surface area contributed by atoms with Gasteiger partial charge in [-0.15, -0.1) is 0 Å². The standard InChI is InChI=1S/C11H13NO2/c1-8-6-9(11(7-12)14-3)4-5-10(8)13-2/h4-6,11H,1-3H3. The van der Waals surface area contributed by atoms with Crippen LogP contribution in [0.2, 0.25) is 0 Å². The van der Waals surface area contributed by atoms with Gasteiger partial charge in [0.05, 0.1) is 13.2 Å². The second kappa shape index (κ2) is 4.64. The molecule has 14 heavy (non-hydrogen) atoms. The Kier molecular flexibility index (Phi) is 3.49. The van der Waals surface area contributed by atoms with Crippen molar-refractivity contribution in [3.63, 3.8) is 0 Å². The monoisotopic (exact) mass is 191 g/mol. The number of nitrogens with zero attached hydrogens (tertiary/aromatic N) is 1. The lowest BCUT2D eigenvalue weighted by molar-refractivity contribution is 0.148. The highest BCUT2D eigenvalue weighted by Crippen LogP contribution is 2.23. The summed E-state index contributed by atoms with van der Waals surface area (Å²) < 4.78 is 10.1. The molecule has 0 N–H and O–H groups in total. The second-order valence-corrected chi connectivity index (χ2v) is 2.97. The van der Waals surface area contributed by atoms with Crippen molar-refractivity contribution in [2.24, 2.45) is 0 Å². The molecule has 0 bridgehead atoms. The normalized spacial score (nSPS) is 11.9. The van der Waals surface area contributed by atoms with E-state index in [1.165, 1.54) is 7.11 Å². The minimum atomic E-state index is -0.500. The number of nitriles is 1. The lowest BCUT2D eigenvalue weighted by Crippen LogP contribution is -1.99. The zero-order chi connectivity index (χ0) is 10.6. The van der Waals surface area contributed by atoms with Gasteiger partial charge in [-0.05, 0) is 30.2 Å². The van der Waals surface area contributed by atoms with Gasteiger partial charge in [0, 0.05) is 7.11 Å². The molecule has 3 nitrogen and oxygen atoms in total. The summed E-state index contributed by atoms with van der Waals surface area (Å²) in [6, 6.07) is 7.65. The highest BCUT2D eigenvalue weighted by atomic mass is 16.5. The highest BCUT2D eigenvalue weighted by Gasteiger charge is 2.09. The van der Waals surface area contributed by atoms with Crippen LogP contribution in [0.25, 0.3) is 0 Å². The lowest BCUT2D eigenvalue weighted by atomic mass is 10.1. The molecule has 0 amide bonds. The molecule has 3 heteroatoms. The Morgan fingerprint density at radius 1 is 1.36 bits per heavy atom. The SMILES string of the molecule is COc1ccc(C(C#N)OC)cc1C. The van der Waals surface area contributed by atoms with Crippen molar-refractivity contribution in [3.05, 3.63) is 29.3 Å². The van der Waals surface area contributed by atoms with Gasteiger partial charge in [-0.2, -0.15) is 5.26 Å². The van der Waals surface area contributed by atoms with Crippen LogP contribution in [0.15, 0.2) is 18.2 Å². The molecule has 0 fully saturated rings. The van der Waals surface area contributed by atoms with E-state index in [2.05, 4.69) is 6.07 Å². The molecule has 1 rings (SSSR count). The zero-order valence-electron chi connectivity index (χ0n) is 8.57. The van der Waals surface area contributed by atoms with Gasteiger partial charge in [0.1, 0.15) is 5.75 Å². The average Bonchev–Trinajstić information content (AvgIpc) is 2.20. The molecule has 0 aliphatic rings. The fourth-order valence-electron chi connectivity index (χ4n) is 1.33. The Hall–Kier alpha value is -1.53. The summed E-state index contributed by atoms with van der Waals surface area (Å²) in [5.41, 5.74) is 1.86. The number of aryl methyl sites for hydroxylation is 1. The average molecular weight is 191 g/mol. The van der Waals surface area contributed by atoms with Gasteiger partial charge in [0.2, 0.25) is 0 Å². The molecule has 0 aromatic heterocycles. The Labute approximate surface area is 83.9 Å². The summed E-state index contributed by atoms with van der Waals surface area (Å²) in [4.78, 5) is 0. The van der Waals surface area contributed by atoms with E-state index in [-0.39, 0.29) is 0 Å². The predicted octanol–water partition coefficient (Wildman–Crippen LogP) is 2.21. The molecule has 1 atom stereocenters. The van der Waals surface area contributed by atoms with Crippen molar-refractivity contribution < 1.29 is 9.47 Å². The molecule has 0 spiro atoms. The Morgan fingerprint density at radius 3 is 2.50 bits per heavy atom. The molecule has 74 valence electrons. The smallest absolute Gasteiger partial charge is 0.168 e. The van der Waals surface area contributed by atoms with Crippen molar-refractivity contribution >= 4 is 0 Å². The summed E-state index contributed by atoms with van der Waals surface area (Å²) in [5, 5.41) is 8.79. The molecule has 0 saturated heterocycles. The number of rotatable bonds is 3. The van der Waals surface area contributed by atoms with Gasteiger partial charge in [0.25, 0.3) is 0 Å². The van der Waals surface area contributed by atoms with Gasteiger partial charge < -0.3 is 9.47 Å². The van der Waals surface area contributed by atoms with E-state index in [4.69, 9.17) is 14.7 Å². The van der Waals surface area contributed by atoms with Crippen LogP contribution in [0.1, 0.15) is 17.2 Å². The van der Waals surface area contributed by atoms with E-state index in [0.717, 1.165) is 16.9 Å². The lowest BCUT2D eigenvalue weighted by Gasteiger charge is -2.10. The maximum Gasteiger partial charge on any atom is 0.168 e. The van der Waals surface area contributed by atoms with Crippen molar-refractivity contribution in [3.8, 4) is 11.8 Å². The van der Waals surface area contributed by atoms with Crippen molar-refractivity contribution in [1.82, 2.24) is 0 Å². The molecule has 0 aliphatic heterocycles. The van der Waals surface area contributed by atoms with Crippen LogP contribution in [0.3, 0.4) is 0 Å². The molecule has 0 radical (unpaired) electrons. The van der Waals surface area contributed by atoms with E-state index in [9.17, 15) is 0 Å². The molecule has 1 aromatic rings. The van der Waals surface area contributed by atoms with Crippen LogP contribution in [-0.2, 0) is 4.74 Å². The number of benzene rings is 1. The first-order chi connectivity index (χ1) is 6.72. The number of hydrogen-bond donors (Lipinski definition) is 0. The van der Waals surface area contributed by atoms with Crippen LogP contribution in [0.4, 0.5) is 0 Å². The summed E-state index contributed by atoms with van der Waals surface area (Å²) in [6.45, 7) is 1.94. The van der Waals surface area contributed by atoms with Crippen molar-refractivity contribution in [2.75, 3.05) is 14.2 Å². The third-order valence-corrected chi connectivity index (χ3v) is 2.07. The van der Waals surface area contributed by atoms with Crippen molar-refractivity contribution in [2.45, 2.75) is 13.0 Å². The van der Waals surface area contributed by atoms with Crippen LogP contribution < -0.4 is 4.74 Å². The molecule has 0 aliphatic carbocycles. The number of methoxy groups -OCH3 is 2. The first-order valence-corrected chi connectivity index (χ1v) is 4.30. The van der Waals surface area contributed by atoms with E-state index < -0.39 is 6.10 Å². The minimum absolute atomic E-state index is 0.500. The topological polar surface area (TPSA) is 42.2 Å². The van der Waals surface area contributed by atoms with Gasteiger partial charge >= 0.3 is 0 Å². The van der Waals surface area contributed by atoms with Gasteiger partial charge in [-0.3, -0.25) is 0 Å². The number of hydrogen-bond acceptors (Lipinski definition) is 3. The van der Waals surface area contributed by atoms with Crippen LogP contribution in [-0.4, -0.2) is 14.2 Å². The summed E-state index contributed by atoms with van der Waals surface area (Å²) in [6.07, 6.45) is -0.500. The first kappa shape index (κ1) is 10.6. The maximum absolute atomic E-state index is 8.79. The summed E-state index contributed by atoms with van der Waals surface area (Å²) in [7, 11) is 3.15. The van der Waals surface area contributed by atoms with E-state index in [1.807, 2.05) is 25.1 Å². The van der Waals surface area contributed by atoms with E-state index >= 15 is 0 Å². The zero-order valence-corrected chi connectivity index (χ0v) is 8.57. The third-order valence-electron chi connectivity index (χ3n) is 2.07. The molecule has 1 aromatic carbocycles.